The minimum absolute atomic E-state index is 0.122. The second-order valence-electron chi connectivity index (χ2n) is 3.20. The third-order valence-electron chi connectivity index (χ3n) is 2.41. The number of urea groups is 1. The molecule has 0 fully saturated rings. The SMILES string of the molecule is CCN1C(=O)Nc2csc3ncnc1c23. The Morgan fingerprint density at radius 3 is 3.20 bits per heavy atom. The van der Waals surface area contributed by atoms with E-state index >= 15 is 0 Å². The fourth-order valence-corrected chi connectivity index (χ4v) is 2.56. The van der Waals surface area contributed by atoms with Gasteiger partial charge in [0.05, 0.1) is 11.1 Å². The van der Waals surface area contributed by atoms with E-state index in [0.717, 1.165) is 15.9 Å². The first-order valence-electron chi connectivity index (χ1n) is 4.62. The summed E-state index contributed by atoms with van der Waals surface area (Å²) in [7, 11) is 0. The monoisotopic (exact) mass is 220 g/mol. The van der Waals surface area contributed by atoms with Crippen LogP contribution in [0.5, 0.6) is 0 Å². The molecule has 2 aromatic rings. The van der Waals surface area contributed by atoms with Crippen molar-refractivity contribution in [2.75, 3.05) is 16.8 Å². The highest BCUT2D eigenvalue weighted by Gasteiger charge is 2.26. The lowest BCUT2D eigenvalue weighted by Gasteiger charge is -2.25. The van der Waals surface area contributed by atoms with Gasteiger partial charge >= 0.3 is 6.03 Å². The zero-order chi connectivity index (χ0) is 10.4. The summed E-state index contributed by atoms with van der Waals surface area (Å²) < 4.78 is 0. The maximum absolute atomic E-state index is 11.7. The maximum atomic E-state index is 11.7. The van der Waals surface area contributed by atoms with Crippen LogP contribution in [0.15, 0.2) is 11.7 Å². The van der Waals surface area contributed by atoms with E-state index in [1.165, 1.54) is 17.7 Å². The molecule has 1 aliphatic heterocycles. The summed E-state index contributed by atoms with van der Waals surface area (Å²) in [5, 5.41) is 5.67. The van der Waals surface area contributed by atoms with Crippen molar-refractivity contribution in [3.8, 4) is 0 Å². The van der Waals surface area contributed by atoms with E-state index in [-0.39, 0.29) is 6.03 Å². The molecule has 2 amide bonds. The Kier molecular flexibility index (Phi) is 1.66. The van der Waals surface area contributed by atoms with Gasteiger partial charge in [0.25, 0.3) is 0 Å². The highest BCUT2D eigenvalue weighted by Crippen LogP contribution is 2.37. The second kappa shape index (κ2) is 2.90. The Morgan fingerprint density at radius 2 is 2.40 bits per heavy atom. The summed E-state index contributed by atoms with van der Waals surface area (Å²) >= 11 is 1.51. The molecular weight excluding hydrogens is 212 g/mol. The molecule has 0 saturated carbocycles. The first kappa shape index (κ1) is 8.60. The molecule has 0 saturated heterocycles. The fourth-order valence-electron chi connectivity index (χ4n) is 1.73. The lowest BCUT2D eigenvalue weighted by molar-refractivity contribution is 0.257. The Hall–Kier alpha value is -1.69. The van der Waals surface area contributed by atoms with Gasteiger partial charge in [0.2, 0.25) is 0 Å². The van der Waals surface area contributed by atoms with Crippen molar-refractivity contribution in [1.82, 2.24) is 9.97 Å². The van der Waals surface area contributed by atoms with Crippen LogP contribution in [0.2, 0.25) is 0 Å². The summed E-state index contributed by atoms with van der Waals surface area (Å²) in [6, 6.07) is -0.122. The van der Waals surface area contributed by atoms with E-state index in [0.29, 0.717) is 12.4 Å². The minimum atomic E-state index is -0.122. The molecule has 0 bridgehead atoms. The lowest BCUT2D eigenvalue weighted by Crippen LogP contribution is -2.37. The quantitative estimate of drug-likeness (QED) is 0.800. The molecule has 1 N–H and O–H groups in total. The van der Waals surface area contributed by atoms with Gasteiger partial charge in [0.1, 0.15) is 11.2 Å². The number of carbonyl (C=O) groups excluding carboxylic acids is 1. The predicted molar refractivity (Wildman–Crippen MR) is 59.5 cm³/mol. The highest BCUT2D eigenvalue weighted by molar-refractivity contribution is 7.17. The van der Waals surface area contributed by atoms with Crippen LogP contribution in [-0.4, -0.2) is 22.5 Å². The number of aromatic nitrogens is 2. The van der Waals surface area contributed by atoms with Crippen LogP contribution in [0.25, 0.3) is 10.2 Å². The van der Waals surface area contributed by atoms with Crippen LogP contribution in [0.3, 0.4) is 0 Å². The molecule has 1 aliphatic rings. The van der Waals surface area contributed by atoms with Crippen molar-refractivity contribution < 1.29 is 4.79 Å². The van der Waals surface area contributed by atoms with E-state index in [1.54, 1.807) is 4.90 Å². The molecule has 15 heavy (non-hydrogen) atoms. The van der Waals surface area contributed by atoms with Gasteiger partial charge < -0.3 is 5.32 Å². The predicted octanol–water partition coefficient (Wildman–Crippen LogP) is 2.06. The Bertz CT molecular complexity index is 550. The van der Waals surface area contributed by atoms with Gasteiger partial charge in [0.15, 0.2) is 5.82 Å². The zero-order valence-corrected chi connectivity index (χ0v) is 8.84. The molecule has 76 valence electrons. The van der Waals surface area contributed by atoms with Crippen LogP contribution < -0.4 is 10.2 Å². The summed E-state index contributed by atoms with van der Waals surface area (Å²) in [5.74, 6) is 0.711. The summed E-state index contributed by atoms with van der Waals surface area (Å²) in [5.41, 5.74) is 0.820. The maximum Gasteiger partial charge on any atom is 0.327 e. The van der Waals surface area contributed by atoms with Crippen LogP contribution >= 0.6 is 11.3 Å². The molecule has 2 aromatic heterocycles. The number of amides is 2. The molecule has 5 nitrogen and oxygen atoms in total. The zero-order valence-electron chi connectivity index (χ0n) is 8.02. The number of thiophene rings is 1. The van der Waals surface area contributed by atoms with E-state index in [2.05, 4.69) is 15.3 Å². The first-order valence-corrected chi connectivity index (χ1v) is 5.50. The molecule has 6 heteroatoms. The van der Waals surface area contributed by atoms with Gasteiger partial charge in [-0.15, -0.1) is 11.3 Å². The fraction of sp³-hybridized carbons (Fsp3) is 0.222. The molecule has 0 unspecified atom stereocenters. The van der Waals surface area contributed by atoms with Crippen molar-refractivity contribution in [3.63, 3.8) is 0 Å². The number of anilines is 2. The summed E-state index contributed by atoms with van der Waals surface area (Å²) in [6.07, 6.45) is 1.50. The topological polar surface area (TPSA) is 58.1 Å². The average molecular weight is 220 g/mol. The number of rotatable bonds is 1. The van der Waals surface area contributed by atoms with Crippen LogP contribution in [0.4, 0.5) is 16.3 Å². The van der Waals surface area contributed by atoms with Gasteiger partial charge in [-0.05, 0) is 6.92 Å². The van der Waals surface area contributed by atoms with E-state index in [9.17, 15) is 4.79 Å². The largest absolute Gasteiger partial charge is 0.327 e. The van der Waals surface area contributed by atoms with Crippen molar-refractivity contribution in [2.24, 2.45) is 0 Å². The average Bonchev–Trinajstić information content (AvgIpc) is 2.64. The van der Waals surface area contributed by atoms with Gasteiger partial charge in [-0.25, -0.2) is 14.8 Å². The Labute approximate surface area is 89.8 Å². The van der Waals surface area contributed by atoms with E-state index < -0.39 is 0 Å². The van der Waals surface area contributed by atoms with E-state index in [4.69, 9.17) is 0 Å². The van der Waals surface area contributed by atoms with Crippen molar-refractivity contribution in [3.05, 3.63) is 11.7 Å². The van der Waals surface area contributed by atoms with Crippen LogP contribution in [0, 0.1) is 0 Å². The number of hydrogen-bond donors (Lipinski definition) is 1. The van der Waals surface area contributed by atoms with Crippen LogP contribution in [0.1, 0.15) is 6.92 Å². The molecule has 0 atom stereocenters. The van der Waals surface area contributed by atoms with Crippen molar-refractivity contribution in [2.45, 2.75) is 6.92 Å². The minimum Gasteiger partial charge on any atom is -0.306 e. The Balaban J connectivity index is 2.36. The molecular formula is C9H8N4OS. The molecule has 3 heterocycles. The molecule has 0 radical (unpaired) electrons. The third kappa shape index (κ3) is 1.05. The standard InChI is InChI=1S/C9H8N4OS/c1-2-13-7-6-5(12-9(13)14)3-15-8(6)11-4-10-7/h3-4H,2H2,1H3,(H,12,14). The summed E-state index contributed by atoms with van der Waals surface area (Å²) in [4.78, 5) is 22.6. The first-order chi connectivity index (χ1) is 7.31. The second-order valence-corrected chi connectivity index (χ2v) is 4.06. The van der Waals surface area contributed by atoms with Crippen LogP contribution in [-0.2, 0) is 0 Å². The number of hydrogen-bond acceptors (Lipinski definition) is 4. The van der Waals surface area contributed by atoms with E-state index in [1.807, 2.05) is 12.3 Å². The number of nitrogens with zero attached hydrogens (tertiary/aromatic N) is 3. The number of nitrogens with one attached hydrogen (secondary N) is 1. The van der Waals surface area contributed by atoms with Crippen molar-refractivity contribution >= 4 is 39.1 Å². The Morgan fingerprint density at radius 1 is 1.53 bits per heavy atom. The van der Waals surface area contributed by atoms with Gasteiger partial charge in [-0.1, -0.05) is 0 Å². The molecule has 0 aromatic carbocycles. The lowest BCUT2D eigenvalue weighted by atomic mass is 10.2. The van der Waals surface area contributed by atoms with Gasteiger partial charge in [0, 0.05) is 11.9 Å². The smallest absolute Gasteiger partial charge is 0.306 e. The number of carbonyl (C=O) groups is 1. The molecule has 0 aliphatic carbocycles. The van der Waals surface area contributed by atoms with Crippen molar-refractivity contribution in [1.29, 1.82) is 0 Å². The van der Waals surface area contributed by atoms with Gasteiger partial charge in [-0.3, -0.25) is 4.90 Å². The molecule has 0 spiro atoms. The normalized spacial score (nSPS) is 14.5. The third-order valence-corrected chi connectivity index (χ3v) is 3.30. The highest BCUT2D eigenvalue weighted by atomic mass is 32.1. The van der Waals surface area contributed by atoms with Gasteiger partial charge in [-0.2, -0.15) is 0 Å². The molecule has 3 rings (SSSR count). The summed E-state index contributed by atoms with van der Waals surface area (Å²) in [6.45, 7) is 2.53.